The number of aliphatic imine (C=N–C) groups is 1. The number of nitrogens with one attached hydrogen (secondary N) is 3. The summed E-state index contributed by atoms with van der Waals surface area (Å²) in [6.45, 7) is 4.21. The highest BCUT2D eigenvalue weighted by atomic mass is 35.5. The second-order valence-corrected chi connectivity index (χ2v) is 9.36. The summed E-state index contributed by atoms with van der Waals surface area (Å²) in [5.74, 6) is 0.274. The maximum Gasteiger partial charge on any atom is 0.254 e. The minimum atomic E-state index is -0.437. The van der Waals surface area contributed by atoms with Crippen LogP contribution in [0.4, 0.5) is 5.69 Å². The number of ether oxygens (including phenoxy) is 1. The van der Waals surface area contributed by atoms with Gasteiger partial charge < -0.3 is 25.0 Å². The molecular weight excluding hydrogens is 503 g/mol. The molecule has 11 heteroatoms. The Bertz CT molecular complexity index is 1240. The molecule has 3 heterocycles. The van der Waals surface area contributed by atoms with E-state index in [2.05, 4.69) is 26.1 Å². The van der Waals surface area contributed by atoms with Gasteiger partial charge >= 0.3 is 0 Å². The van der Waals surface area contributed by atoms with Crippen molar-refractivity contribution in [2.45, 2.75) is 6.54 Å². The number of hydrogen-bond donors (Lipinski definition) is 3. The van der Waals surface area contributed by atoms with Crippen LogP contribution in [0.5, 0.6) is 0 Å². The number of hydrazine groups is 1. The first-order chi connectivity index (χ1) is 17.5. The van der Waals surface area contributed by atoms with E-state index in [1.807, 2.05) is 6.07 Å². The third-order valence-corrected chi connectivity index (χ3v) is 6.73. The SMILES string of the molecule is O=C(c1ccc(N=C([O-])C2=CC3=C(NCCN3Cc3cc(Cl)ccc3Cl)NN2)cc1)N1CCOCC1. The molecule has 0 saturated carbocycles. The zero-order valence-electron chi connectivity index (χ0n) is 19.4. The van der Waals surface area contributed by atoms with Crippen molar-refractivity contribution >= 4 is 40.7 Å². The number of halogens is 2. The summed E-state index contributed by atoms with van der Waals surface area (Å²) in [7, 11) is 0. The Morgan fingerprint density at radius 3 is 2.61 bits per heavy atom. The highest BCUT2D eigenvalue weighted by molar-refractivity contribution is 6.33. The lowest BCUT2D eigenvalue weighted by atomic mass is 10.1. The van der Waals surface area contributed by atoms with Gasteiger partial charge in [0.1, 0.15) is 5.82 Å². The monoisotopic (exact) mass is 527 g/mol. The van der Waals surface area contributed by atoms with Crippen LogP contribution in [-0.4, -0.2) is 61.0 Å². The second kappa shape index (κ2) is 10.7. The number of carbonyl (C=O) groups excluding carboxylic acids is 1. The van der Waals surface area contributed by atoms with Gasteiger partial charge in [-0.1, -0.05) is 23.2 Å². The summed E-state index contributed by atoms with van der Waals surface area (Å²) in [6.07, 6.45) is 1.76. The molecular formula is C25H25Cl2N6O3-. The predicted molar refractivity (Wildman–Crippen MR) is 137 cm³/mol. The average molecular weight is 528 g/mol. The van der Waals surface area contributed by atoms with Crippen LogP contribution >= 0.6 is 23.2 Å². The summed E-state index contributed by atoms with van der Waals surface area (Å²) in [5, 5.41) is 17.5. The van der Waals surface area contributed by atoms with Crippen LogP contribution in [0.15, 0.2) is 70.7 Å². The summed E-state index contributed by atoms with van der Waals surface area (Å²) >= 11 is 12.5. The standard InChI is InChI=1S/C25H26Cl2N6O3/c26-18-3-6-20(27)17(13-18)15-33-8-7-28-23-22(33)14-21(30-31-23)24(34)29-19-4-1-16(2-5-19)25(35)32-9-11-36-12-10-32/h1-6,13-14,28,30-31H,7-12,15H2,(H,29,34)/p-1. The molecule has 188 valence electrons. The largest absolute Gasteiger partial charge is 0.857 e. The van der Waals surface area contributed by atoms with Gasteiger partial charge in [0.2, 0.25) is 0 Å². The van der Waals surface area contributed by atoms with E-state index >= 15 is 0 Å². The normalized spacial score (nSPS) is 18.1. The number of carbonyl (C=O) groups is 1. The van der Waals surface area contributed by atoms with E-state index in [1.165, 1.54) is 0 Å². The number of benzene rings is 2. The number of amides is 1. The van der Waals surface area contributed by atoms with E-state index in [0.29, 0.717) is 59.8 Å². The zero-order chi connectivity index (χ0) is 25.1. The van der Waals surface area contributed by atoms with Crippen molar-refractivity contribution in [3.63, 3.8) is 0 Å². The highest BCUT2D eigenvalue weighted by Gasteiger charge is 2.23. The van der Waals surface area contributed by atoms with Gasteiger partial charge in [-0.05, 0) is 54.1 Å². The first kappa shape index (κ1) is 24.3. The summed E-state index contributed by atoms with van der Waals surface area (Å²) in [4.78, 5) is 20.7. The van der Waals surface area contributed by atoms with Crippen LogP contribution < -0.4 is 21.3 Å². The molecule has 0 aliphatic carbocycles. The van der Waals surface area contributed by atoms with E-state index in [1.54, 1.807) is 47.4 Å². The van der Waals surface area contributed by atoms with E-state index in [0.717, 1.165) is 30.2 Å². The third-order valence-electron chi connectivity index (χ3n) is 6.13. The minimum Gasteiger partial charge on any atom is -0.857 e. The molecule has 2 aromatic carbocycles. The Morgan fingerprint density at radius 2 is 1.83 bits per heavy atom. The van der Waals surface area contributed by atoms with Gasteiger partial charge in [0.05, 0.1) is 30.3 Å². The van der Waals surface area contributed by atoms with Crippen molar-refractivity contribution in [3.05, 3.63) is 86.9 Å². The molecule has 2 aromatic rings. The Balaban J connectivity index is 1.32. The number of hydrogen-bond acceptors (Lipinski definition) is 8. The van der Waals surface area contributed by atoms with Gasteiger partial charge in [0, 0.05) is 54.2 Å². The lowest BCUT2D eigenvalue weighted by Gasteiger charge is -2.37. The van der Waals surface area contributed by atoms with Crippen LogP contribution in [0.3, 0.4) is 0 Å². The first-order valence-electron chi connectivity index (χ1n) is 11.6. The van der Waals surface area contributed by atoms with Crippen molar-refractivity contribution < 1.29 is 14.6 Å². The smallest absolute Gasteiger partial charge is 0.254 e. The van der Waals surface area contributed by atoms with E-state index in [4.69, 9.17) is 27.9 Å². The lowest BCUT2D eigenvalue weighted by Crippen LogP contribution is -2.50. The molecule has 1 saturated heterocycles. The molecule has 3 aliphatic rings. The molecule has 0 spiro atoms. The first-order valence-corrected chi connectivity index (χ1v) is 12.4. The molecule has 0 atom stereocenters. The maximum atomic E-state index is 12.9. The summed E-state index contributed by atoms with van der Waals surface area (Å²) < 4.78 is 5.30. The molecule has 5 rings (SSSR count). The highest BCUT2D eigenvalue weighted by Crippen LogP contribution is 2.26. The van der Waals surface area contributed by atoms with E-state index < -0.39 is 5.90 Å². The number of rotatable bonds is 5. The van der Waals surface area contributed by atoms with Gasteiger partial charge in [-0.25, -0.2) is 0 Å². The summed E-state index contributed by atoms with van der Waals surface area (Å²) in [6, 6.07) is 12.1. The fourth-order valence-electron chi connectivity index (χ4n) is 4.21. The minimum absolute atomic E-state index is 0.0544. The molecule has 36 heavy (non-hydrogen) atoms. The van der Waals surface area contributed by atoms with E-state index in [9.17, 15) is 9.90 Å². The molecule has 0 unspecified atom stereocenters. The van der Waals surface area contributed by atoms with Crippen molar-refractivity contribution in [1.82, 2.24) is 26.0 Å². The van der Waals surface area contributed by atoms with Gasteiger partial charge in [-0.15, -0.1) is 0 Å². The molecule has 9 nitrogen and oxygen atoms in total. The number of allylic oxidation sites excluding steroid dienone is 1. The van der Waals surface area contributed by atoms with Crippen LogP contribution in [0.1, 0.15) is 15.9 Å². The summed E-state index contributed by atoms with van der Waals surface area (Å²) in [5.41, 5.74) is 9.00. The molecule has 1 amide bonds. The van der Waals surface area contributed by atoms with Crippen molar-refractivity contribution in [2.75, 3.05) is 39.4 Å². The van der Waals surface area contributed by atoms with Crippen molar-refractivity contribution in [3.8, 4) is 0 Å². The van der Waals surface area contributed by atoms with Crippen LogP contribution in [0.25, 0.3) is 0 Å². The molecule has 3 aliphatic heterocycles. The van der Waals surface area contributed by atoms with Gasteiger partial charge in [-0.3, -0.25) is 20.6 Å². The van der Waals surface area contributed by atoms with Gasteiger partial charge in [-0.2, -0.15) is 0 Å². The Morgan fingerprint density at radius 1 is 1.06 bits per heavy atom. The Hall–Kier alpha value is -3.40. The fraction of sp³-hybridized carbons (Fsp3) is 0.280. The van der Waals surface area contributed by atoms with E-state index in [-0.39, 0.29) is 5.91 Å². The predicted octanol–water partition coefficient (Wildman–Crippen LogP) is 2.12. The van der Waals surface area contributed by atoms with Gasteiger partial charge in [0.15, 0.2) is 0 Å². The fourth-order valence-corrected chi connectivity index (χ4v) is 4.59. The van der Waals surface area contributed by atoms with Crippen molar-refractivity contribution in [1.29, 1.82) is 0 Å². The molecule has 0 bridgehead atoms. The lowest BCUT2D eigenvalue weighted by molar-refractivity contribution is -0.213. The van der Waals surface area contributed by atoms with Crippen LogP contribution in [-0.2, 0) is 11.3 Å². The number of morpholine rings is 1. The topological polar surface area (TPSA) is 104 Å². The third kappa shape index (κ3) is 5.38. The van der Waals surface area contributed by atoms with Crippen molar-refractivity contribution in [2.24, 2.45) is 4.99 Å². The molecule has 0 aromatic heterocycles. The van der Waals surface area contributed by atoms with Gasteiger partial charge in [0.25, 0.3) is 5.91 Å². The second-order valence-electron chi connectivity index (χ2n) is 8.52. The molecule has 3 N–H and O–H groups in total. The number of nitrogens with zero attached hydrogens (tertiary/aromatic N) is 3. The molecule has 0 radical (unpaired) electrons. The Labute approximate surface area is 219 Å². The average Bonchev–Trinajstić information content (AvgIpc) is 2.91. The van der Waals surface area contributed by atoms with Crippen LogP contribution in [0.2, 0.25) is 10.0 Å². The molecule has 1 fully saturated rings. The maximum absolute atomic E-state index is 12.9. The Kier molecular flexibility index (Phi) is 7.22. The zero-order valence-corrected chi connectivity index (χ0v) is 20.9. The quantitative estimate of drug-likeness (QED) is 0.404. The van der Waals surface area contributed by atoms with Crippen LogP contribution in [0, 0.1) is 0 Å².